The fourth-order valence-electron chi connectivity index (χ4n) is 1.71. The number of nitrogens with zero attached hydrogens (tertiary/aromatic N) is 1. The molecule has 0 saturated carbocycles. The van der Waals surface area contributed by atoms with E-state index in [1.54, 1.807) is 24.3 Å². The molecule has 3 nitrogen and oxygen atoms in total. The van der Waals surface area contributed by atoms with Gasteiger partial charge in [-0.3, -0.25) is 4.79 Å². The Bertz CT molecular complexity index is 327. The fourth-order valence-corrected chi connectivity index (χ4v) is 1.71. The van der Waals surface area contributed by atoms with Gasteiger partial charge in [-0.2, -0.15) is 0 Å². The van der Waals surface area contributed by atoms with Crippen LogP contribution in [0.15, 0.2) is 24.3 Å². The van der Waals surface area contributed by atoms with Crippen LogP contribution >= 0.6 is 0 Å². The molecule has 1 saturated heterocycles. The molecular weight excluding hydrogens is 226 g/mol. The minimum Gasteiger partial charge on any atom is -0.508 e. The number of rotatable bonds is 1. The Hall–Kier alpha value is -1.51. The number of phenols is 1. The summed E-state index contributed by atoms with van der Waals surface area (Å²) in [4.78, 5) is 13.7. The summed E-state index contributed by atoms with van der Waals surface area (Å²) in [6.45, 7) is 9.72. The lowest BCUT2D eigenvalue weighted by Crippen LogP contribution is -2.27. The highest BCUT2D eigenvalue weighted by atomic mass is 16.3. The summed E-state index contributed by atoms with van der Waals surface area (Å²) < 4.78 is 0. The van der Waals surface area contributed by atoms with Crippen LogP contribution in [0.2, 0.25) is 0 Å². The van der Waals surface area contributed by atoms with Crippen LogP contribution in [0.3, 0.4) is 0 Å². The molecule has 1 aliphatic rings. The first-order valence-corrected chi connectivity index (χ1v) is 6.86. The molecule has 0 aromatic heterocycles. The van der Waals surface area contributed by atoms with Crippen LogP contribution in [0.5, 0.6) is 5.75 Å². The monoisotopic (exact) mass is 251 g/mol. The zero-order chi connectivity index (χ0) is 14.0. The summed E-state index contributed by atoms with van der Waals surface area (Å²) in [5, 5.41) is 9.08. The van der Waals surface area contributed by atoms with Gasteiger partial charge in [-0.25, -0.2) is 0 Å². The van der Waals surface area contributed by atoms with Gasteiger partial charge in [0.25, 0.3) is 5.91 Å². The molecule has 1 fully saturated rings. The Labute approximate surface area is 110 Å². The number of amides is 1. The van der Waals surface area contributed by atoms with Crippen LogP contribution in [0.1, 0.15) is 50.9 Å². The molecule has 3 heteroatoms. The molecule has 102 valence electrons. The zero-order valence-corrected chi connectivity index (χ0v) is 11.9. The summed E-state index contributed by atoms with van der Waals surface area (Å²) in [7, 11) is 0. The quantitative estimate of drug-likeness (QED) is 0.827. The summed E-state index contributed by atoms with van der Waals surface area (Å²) in [6.07, 6.45) is 2.20. The van der Waals surface area contributed by atoms with Gasteiger partial charge in [-0.15, -0.1) is 0 Å². The van der Waals surface area contributed by atoms with E-state index in [-0.39, 0.29) is 11.7 Å². The van der Waals surface area contributed by atoms with Gasteiger partial charge in [0.2, 0.25) is 0 Å². The van der Waals surface area contributed by atoms with Crippen LogP contribution in [0.4, 0.5) is 0 Å². The van der Waals surface area contributed by atoms with Gasteiger partial charge in [0.1, 0.15) is 5.75 Å². The second-order valence-corrected chi connectivity index (χ2v) is 3.55. The molecule has 0 atom stereocenters. The van der Waals surface area contributed by atoms with Gasteiger partial charge in [0, 0.05) is 18.7 Å². The van der Waals surface area contributed by atoms with E-state index in [0.29, 0.717) is 5.56 Å². The number of hydrogen-bond donors (Lipinski definition) is 1. The maximum Gasteiger partial charge on any atom is 0.253 e. The van der Waals surface area contributed by atoms with E-state index in [9.17, 15) is 4.79 Å². The molecule has 0 bridgehead atoms. The van der Waals surface area contributed by atoms with Crippen molar-refractivity contribution in [1.29, 1.82) is 0 Å². The van der Waals surface area contributed by atoms with Crippen LogP contribution in [0, 0.1) is 0 Å². The van der Waals surface area contributed by atoms with Crippen LogP contribution in [-0.4, -0.2) is 29.0 Å². The van der Waals surface area contributed by atoms with Crippen LogP contribution in [-0.2, 0) is 0 Å². The van der Waals surface area contributed by atoms with E-state index in [4.69, 9.17) is 5.11 Å². The van der Waals surface area contributed by atoms with E-state index in [0.717, 1.165) is 25.9 Å². The van der Waals surface area contributed by atoms with Crippen molar-refractivity contribution in [3.8, 4) is 5.75 Å². The average molecular weight is 251 g/mol. The van der Waals surface area contributed by atoms with Crippen molar-refractivity contribution in [1.82, 2.24) is 4.90 Å². The molecule has 1 amide bonds. The maximum absolute atomic E-state index is 11.8. The van der Waals surface area contributed by atoms with Crippen LogP contribution < -0.4 is 0 Å². The Balaban J connectivity index is 0.000000659. The minimum atomic E-state index is 0.0718. The van der Waals surface area contributed by atoms with Crippen molar-refractivity contribution in [2.75, 3.05) is 13.1 Å². The van der Waals surface area contributed by atoms with E-state index >= 15 is 0 Å². The molecular formula is C15H25NO2. The number of phenolic OH excluding ortho intramolecular Hbond substituents is 1. The van der Waals surface area contributed by atoms with Gasteiger partial charge in [0.15, 0.2) is 0 Å². The SMILES string of the molecule is CC.CC.O=C(c1ccc(O)cc1)N1CCCC1. The van der Waals surface area contributed by atoms with Crippen molar-refractivity contribution in [3.05, 3.63) is 29.8 Å². The lowest BCUT2D eigenvalue weighted by molar-refractivity contribution is 0.0793. The maximum atomic E-state index is 11.8. The van der Waals surface area contributed by atoms with Gasteiger partial charge in [-0.05, 0) is 37.1 Å². The molecule has 1 aliphatic heterocycles. The van der Waals surface area contributed by atoms with Crippen molar-refractivity contribution >= 4 is 5.91 Å². The molecule has 1 N–H and O–H groups in total. The Kier molecular flexibility index (Phi) is 8.71. The molecule has 1 aromatic carbocycles. The molecule has 0 aliphatic carbocycles. The molecule has 2 rings (SSSR count). The topological polar surface area (TPSA) is 40.5 Å². The van der Waals surface area contributed by atoms with Crippen molar-refractivity contribution in [2.24, 2.45) is 0 Å². The molecule has 18 heavy (non-hydrogen) atoms. The average Bonchev–Trinajstić information content (AvgIpc) is 2.97. The molecule has 0 spiro atoms. The zero-order valence-electron chi connectivity index (χ0n) is 11.9. The fraction of sp³-hybridized carbons (Fsp3) is 0.533. The predicted octanol–water partition coefficient (Wildman–Crippen LogP) is 3.68. The third-order valence-corrected chi connectivity index (χ3v) is 2.51. The standard InChI is InChI=1S/C11H13NO2.2C2H6/c13-10-5-3-9(4-6-10)11(14)12-7-1-2-8-12;2*1-2/h3-6,13H,1-2,7-8H2;2*1-2H3. The van der Waals surface area contributed by atoms with Gasteiger partial charge in [-0.1, -0.05) is 27.7 Å². The highest BCUT2D eigenvalue weighted by Gasteiger charge is 2.18. The van der Waals surface area contributed by atoms with Crippen LogP contribution in [0.25, 0.3) is 0 Å². The normalized spacial score (nSPS) is 13.0. The van der Waals surface area contributed by atoms with Gasteiger partial charge >= 0.3 is 0 Å². The third kappa shape index (κ3) is 4.78. The molecule has 1 heterocycles. The largest absolute Gasteiger partial charge is 0.508 e. The lowest BCUT2D eigenvalue weighted by Gasteiger charge is -2.14. The summed E-state index contributed by atoms with van der Waals surface area (Å²) in [5.41, 5.74) is 0.657. The van der Waals surface area contributed by atoms with Crippen molar-refractivity contribution < 1.29 is 9.90 Å². The first-order chi connectivity index (χ1) is 8.77. The minimum absolute atomic E-state index is 0.0718. The number of hydrogen-bond acceptors (Lipinski definition) is 2. The second-order valence-electron chi connectivity index (χ2n) is 3.55. The highest BCUT2D eigenvalue weighted by Crippen LogP contribution is 2.15. The lowest BCUT2D eigenvalue weighted by atomic mass is 10.2. The third-order valence-electron chi connectivity index (χ3n) is 2.51. The summed E-state index contributed by atoms with van der Waals surface area (Å²) in [5.74, 6) is 0.269. The number of carbonyl (C=O) groups is 1. The van der Waals surface area contributed by atoms with E-state index in [1.165, 1.54) is 0 Å². The summed E-state index contributed by atoms with van der Waals surface area (Å²) >= 11 is 0. The Morgan fingerprint density at radius 2 is 1.44 bits per heavy atom. The smallest absolute Gasteiger partial charge is 0.253 e. The predicted molar refractivity (Wildman–Crippen MR) is 75.9 cm³/mol. The van der Waals surface area contributed by atoms with E-state index in [1.807, 2.05) is 32.6 Å². The first-order valence-electron chi connectivity index (χ1n) is 6.86. The van der Waals surface area contributed by atoms with Gasteiger partial charge in [0.05, 0.1) is 0 Å². The number of likely N-dealkylation sites (tertiary alicyclic amines) is 1. The molecule has 0 unspecified atom stereocenters. The second kappa shape index (κ2) is 9.51. The highest BCUT2D eigenvalue weighted by molar-refractivity contribution is 5.94. The number of aromatic hydroxyl groups is 1. The van der Waals surface area contributed by atoms with Crippen molar-refractivity contribution in [3.63, 3.8) is 0 Å². The Morgan fingerprint density at radius 1 is 1.00 bits per heavy atom. The van der Waals surface area contributed by atoms with E-state index in [2.05, 4.69) is 0 Å². The van der Waals surface area contributed by atoms with E-state index < -0.39 is 0 Å². The van der Waals surface area contributed by atoms with Gasteiger partial charge < -0.3 is 10.0 Å². The first kappa shape index (κ1) is 16.5. The number of carbonyl (C=O) groups excluding carboxylic acids is 1. The molecule has 1 aromatic rings. The van der Waals surface area contributed by atoms with Crippen molar-refractivity contribution in [2.45, 2.75) is 40.5 Å². The number of benzene rings is 1. The molecule has 0 radical (unpaired) electrons. The Morgan fingerprint density at radius 3 is 1.89 bits per heavy atom. The summed E-state index contributed by atoms with van der Waals surface area (Å²) in [6, 6.07) is 6.42.